The number of ether oxygens (including phenoxy) is 2. The number of aliphatic hydroxyl groups is 3. The molecule has 0 aromatic rings. The van der Waals surface area contributed by atoms with Crippen molar-refractivity contribution in [2.24, 2.45) is 0 Å². The van der Waals surface area contributed by atoms with Gasteiger partial charge in [0.2, 0.25) is 0 Å². The van der Waals surface area contributed by atoms with Crippen LogP contribution < -0.4 is 0 Å². The zero-order valence-electron chi connectivity index (χ0n) is 20.3. The van der Waals surface area contributed by atoms with Gasteiger partial charge in [-0.25, -0.2) is 0 Å². The molecule has 1 rings (SSSR count). The van der Waals surface area contributed by atoms with Gasteiger partial charge in [-0.1, -0.05) is 116 Å². The SMILES string of the molecule is CCCCCCCCCCCCCCCCCCCCO[C@H](CO)[C@@H]1OC[C@H](O)[C@@H]1O. The molecule has 0 aliphatic carbocycles. The Balaban J connectivity index is 1.78. The van der Waals surface area contributed by atoms with Crippen LogP contribution >= 0.6 is 0 Å². The molecule has 1 aliphatic rings. The van der Waals surface area contributed by atoms with Gasteiger partial charge in [-0.05, 0) is 6.42 Å². The maximum absolute atomic E-state index is 9.85. The van der Waals surface area contributed by atoms with E-state index in [0.29, 0.717) is 6.61 Å². The van der Waals surface area contributed by atoms with Crippen molar-refractivity contribution < 1.29 is 24.8 Å². The first kappa shape index (κ1) is 28.8. The molecule has 5 heteroatoms. The van der Waals surface area contributed by atoms with Crippen molar-refractivity contribution in [3.8, 4) is 0 Å². The lowest BCUT2D eigenvalue weighted by molar-refractivity contribution is -0.101. The Labute approximate surface area is 191 Å². The first-order valence-electron chi connectivity index (χ1n) is 13.4. The van der Waals surface area contributed by atoms with Crippen LogP contribution in [0.1, 0.15) is 122 Å². The third-order valence-corrected chi connectivity index (χ3v) is 6.57. The minimum Gasteiger partial charge on any atom is -0.394 e. The number of aliphatic hydroxyl groups excluding tert-OH is 3. The summed E-state index contributed by atoms with van der Waals surface area (Å²) in [6.45, 7) is 2.74. The van der Waals surface area contributed by atoms with Gasteiger partial charge in [0, 0.05) is 6.61 Å². The van der Waals surface area contributed by atoms with Crippen LogP contribution in [0.15, 0.2) is 0 Å². The second kappa shape index (κ2) is 20.4. The fourth-order valence-electron chi connectivity index (χ4n) is 4.44. The zero-order chi connectivity index (χ0) is 22.6. The molecule has 1 aliphatic heterocycles. The standard InChI is InChI=1S/C26H52O5/c1-2-3-4-5-6-7-8-9-10-11-12-13-14-15-16-17-18-19-20-30-24(21-27)26-25(29)23(28)22-31-26/h23-29H,2-22H2,1H3/t23-,24+,25-,26-/m0/s1. The van der Waals surface area contributed by atoms with E-state index in [1.807, 2.05) is 0 Å². The molecule has 0 radical (unpaired) electrons. The largest absolute Gasteiger partial charge is 0.394 e. The van der Waals surface area contributed by atoms with Crippen molar-refractivity contribution in [3.63, 3.8) is 0 Å². The molecule has 1 fully saturated rings. The summed E-state index contributed by atoms with van der Waals surface area (Å²) >= 11 is 0. The van der Waals surface area contributed by atoms with Gasteiger partial charge in [0.1, 0.15) is 24.4 Å². The van der Waals surface area contributed by atoms with Gasteiger partial charge in [0.15, 0.2) is 0 Å². The Hall–Kier alpha value is -0.200. The number of hydrogen-bond donors (Lipinski definition) is 3. The quantitative estimate of drug-likeness (QED) is 0.191. The molecule has 186 valence electrons. The number of rotatable bonds is 22. The molecule has 1 saturated heterocycles. The fourth-order valence-corrected chi connectivity index (χ4v) is 4.44. The average Bonchev–Trinajstić information content (AvgIpc) is 3.11. The smallest absolute Gasteiger partial charge is 0.114 e. The molecule has 0 spiro atoms. The van der Waals surface area contributed by atoms with E-state index < -0.39 is 24.4 Å². The highest BCUT2D eigenvalue weighted by molar-refractivity contribution is 4.88. The third-order valence-electron chi connectivity index (χ3n) is 6.57. The molecular weight excluding hydrogens is 392 g/mol. The van der Waals surface area contributed by atoms with Crippen LogP contribution in [0.25, 0.3) is 0 Å². The Bertz CT molecular complexity index is 379. The summed E-state index contributed by atoms with van der Waals surface area (Å²) in [5, 5.41) is 28.8. The third kappa shape index (κ3) is 14.5. The Morgan fingerprint density at radius 3 is 1.48 bits per heavy atom. The van der Waals surface area contributed by atoms with Gasteiger partial charge in [-0.3, -0.25) is 0 Å². The van der Waals surface area contributed by atoms with E-state index in [-0.39, 0.29) is 13.2 Å². The van der Waals surface area contributed by atoms with Crippen molar-refractivity contribution in [1.29, 1.82) is 0 Å². The summed E-state index contributed by atoms with van der Waals surface area (Å²) in [5.41, 5.74) is 0. The monoisotopic (exact) mass is 444 g/mol. The van der Waals surface area contributed by atoms with E-state index in [2.05, 4.69) is 6.92 Å². The highest BCUT2D eigenvalue weighted by atomic mass is 16.6. The summed E-state index contributed by atoms with van der Waals surface area (Å²) in [5.74, 6) is 0. The van der Waals surface area contributed by atoms with Crippen LogP contribution in [0.5, 0.6) is 0 Å². The zero-order valence-corrected chi connectivity index (χ0v) is 20.3. The topological polar surface area (TPSA) is 79.2 Å². The summed E-state index contributed by atoms with van der Waals surface area (Å²) in [7, 11) is 0. The maximum atomic E-state index is 9.85. The summed E-state index contributed by atoms with van der Waals surface area (Å²) in [6, 6.07) is 0. The highest BCUT2D eigenvalue weighted by Gasteiger charge is 2.40. The van der Waals surface area contributed by atoms with Crippen molar-refractivity contribution in [3.05, 3.63) is 0 Å². The van der Waals surface area contributed by atoms with Crippen LogP contribution in [0.4, 0.5) is 0 Å². The van der Waals surface area contributed by atoms with Gasteiger partial charge in [-0.2, -0.15) is 0 Å². The number of unbranched alkanes of at least 4 members (excludes halogenated alkanes) is 17. The Kier molecular flexibility index (Phi) is 19.0. The van der Waals surface area contributed by atoms with Crippen LogP contribution in [0, 0.1) is 0 Å². The molecule has 0 amide bonds. The first-order valence-corrected chi connectivity index (χ1v) is 13.4. The second-order valence-corrected chi connectivity index (χ2v) is 9.46. The summed E-state index contributed by atoms with van der Waals surface area (Å²) in [4.78, 5) is 0. The van der Waals surface area contributed by atoms with E-state index in [4.69, 9.17) is 9.47 Å². The summed E-state index contributed by atoms with van der Waals surface area (Å²) < 4.78 is 11.0. The molecule has 1 heterocycles. The Morgan fingerprint density at radius 1 is 0.710 bits per heavy atom. The van der Waals surface area contributed by atoms with E-state index in [1.165, 1.54) is 103 Å². The van der Waals surface area contributed by atoms with E-state index >= 15 is 0 Å². The van der Waals surface area contributed by atoms with Gasteiger partial charge >= 0.3 is 0 Å². The van der Waals surface area contributed by atoms with Gasteiger partial charge in [0.25, 0.3) is 0 Å². The van der Waals surface area contributed by atoms with Crippen LogP contribution in [-0.2, 0) is 9.47 Å². The average molecular weight is 445 g/mol. The normalized spacial score (nSPS) is 22.3. The fraction of sp³-hybridized carbons (Fsp3) is 1.00. The van der Waals surface area contributed by atoms with Crippen LogP contribution in [-0.4, -0.2) is 59.6 Å². The van der Waals surface area contributed by atoms with Gasteiger partial charge < -0.3 is 24.8 Å². The molecular formula is C26H52O5. The van der Waals surface area contributed by atoms with E-state index in [0.717, 1.165) is 12.8 Å². The van der Waals surface area contributed by atoms with E-state index in [9.17, 15) is 15.3 Å². The minimum atomic E-state index is -0.975. The van der Waals surface area contributed by atoms with Gasteiger partial charge in [-0.15, -0.1) is 0 Å². The van der Waals surface area contributed by atoms with Gasteiger partial charge in [0.05, 0.1) is 13.2 Å². The Morgan fingerprint density at radius 2 is 1.13 bits per heavy atom. The lowest BCUT2D eigenvalue weighted by Gasteiger charge is -2.24. The minimum absolute atomic E-state index is 0.102. The lowest BCUT2D eigenvalue weighted by Crippen LogP contribution is -2.42. The number of hydrogen-bond acceptors (Lipinski definition) is 5. The van der Waals surface area contributed by atoms with E-state index in [1.54, 1.807) is 0 Å². The highest BCUT2D eigenvalue weighted by Crippen LogP contribution is 2.20. The molecule has 4 atom stereocenters. The maximum Gasteiger partial charge on any atom is 0.114 e. The molecule has 0 saturated carbocycles. The van der Waals surface area contributed by atoms with Crippen molar-refractivity contribution >= 4 is 0 Å². The molecule has 31 heavy (non-hydrogen) atoms. The van der Waals surface area contributed by atoms with Crippen LogP contribution in [0.2, 0.25) is 0 Å². The predicted molar refractivity (Wildman–Crippen MR) is 127 cm³/mol. The molecule has 3 N–H and O–H groups in total. The molecule has 0 aromatic heterocycles. The lowest BCUT2D eigenvalue weighted by atomic mass is 10.0. The first-order chi connectivity index (χ1) is 15.2. The molecule has 5 nitrogen and oxygen atoms in total. The summed E-state index contributed by atoms with van der Waals surface area (Å²) in [6.07, 6.45) is 21.2. The van der Waals surface area contributed by atoms with Crippen molar-refractivity contribution in [2.45, 2.75) is 147 Å². The van der Waals surface area contributed by atoms with Crippen molar-refractivity contribution in [1.82, 2.24) is 0 Å². The molecule has 0 aromatic carbocycles. The van der Waals surface area contributed by atoms with Crippen molar-refractivity contribution in [2.75, 3.05) is 19.8 Å². The predicted octanol–water partition coefficient (Wildman–Crippen LogP) is 5.53. The van der Waals surface area contributed by atoms with Crippen LogP contribution in [0.3, 0.4) is 0 Å². The molecule has 0 unspecified atom stereocenters. The second-order valence-electron chi connectivity index (χ2n) is 9.46. The molecule has 0 bridgehead atoms.